The van der Waals surface area contributed by atoms with Crippen LogP contribution in [0.1, 0.15) is 22.0 Å². The maximum atomic E-state index is 12.2. The van der Waals surface area contributed by atoms with E-state index in [0.29, 0.717) is 21.3 Å². The Hall–Kier alpha value is -1.65. The molecule has 98 valence electrons. The molecule has 0 amide bonds. The smallest absolute Gasteiger partial charge is 0.195 e. The molecule has 4 heteroatoms. The second-order valence-electron chi connectivity index (χ2n) is 4.02. The van der Waals surface area contributed by atoms with Crippen molar-refractivity contribution in [1.29, 1.82) is 0 Å². The SMILES string of the molecule is COc1ccc(Br)c(C(O)C(=O)c2ccccc2)c1. The zero-order chi connectivity index (χ0) is 13.8. The van der Waals surface area contributed by atoms with E-state index in [1.807, 2.05) is 6.07 Å². The lowest BCUT2D eigenvalue weighted by Gasteiger charge is -2.13. The molecule has 0 heterocycles. The Balaban J connectivity index is 2.34. The van der Waals surface area contributed by atoms with E-state index in [9.17, 15) is 9.90 Å². The average molecular weight is 321 g/mol. The molecule has 0 fully saturated rings. The number of halogens is 1. The number of rotatable bonds is 4. The number of methoxy groups -OCH3 is 1. The fourth-order valence-corrected chi connectivity index (χ4v) is 2.22. The molecule has 0 aliphatic heterocycles. The van der Waals surface area contributed by atoms with Crippen molar-refractivity contribution in [2.75, 3.05) is 7.11 Å². The molecule has 0 aromatic heterocycles. The summed E-state index contributed by atoms with van der Waals surface area (Å²) in [5.41, 5.74) is 0.970. The molecule has 1 unspecified atom stereocenters. The van der Waals surface area contributed by atoms with Crippen LogP contribution in [0.25, 0.3) is 0 Å². The molecule has 0 radical (unpaired) electrons. The first-order valence-electron chi connectivity index (χ1n) is 5.74. The van der Waals surface area contributed by atoms with Gasteiger partial charge in [-0.25, -0.2) is 0 Å². The summed E-state index contributed by atoms with van der Waals surface area (Å²) in [6.45, 7) is 0. The van der Waals surface area contributed by atoms with Crippen molar-refractivity contribution in [1.82, 2.24) is 0 Å². The van der Waals surface area contributed by atoms with Gasteiger partial charge in [0.15, 0.2) is 5.78 Å². The summed E-state index contributed by atoms with van der Waals surface area (Å²) in [6.07, 6.45) is -1.22. The Bertz CT molecular complexity index is 581. The summed E-state index contributed by atoms with van der Waals surface area (Å²) in [6, 6.07) is 13.9. The topological polar surface area (TPSA) is 46.5 Å². The first-order valence-corrected chi connectivity index (χ1v) is 6.53. The number of ketones is 1. The molecule has 0 spiro atoms. The second kappa shape index (κ2) is 5.99. The van der Waals surface area contributed by atoms with Crippen LogP contribution in [0.2, 0.25) is 0 Å². The maximum Gasteiger partial charge on any atom is 0.195 e. The van der Waals surface area contributed by atoms with Crippen LogP contribution in [0.4, 0.5) is 0 Å². The van der Waals surface area contributed by atoms with Crippen molar-refractivity contribution in [2.24, 2.45) is 0 Å². The van der Waals surface area contributed by atoms with E-state index < -0.39 is 6.10 Å². The van der Waals surface area contributed by atoms with Gasteiger partial charge in [0.05, 0.1) is 7.11 Å². The molecule has 0 saturated carbocycles. The molecule has 1 atom stereocenters. The number of aliphatic hydroxyl groups is 1. The van der Waals surface area contributed by atoms with Crippen LogP contribution in [0.15, 0.2) is 53.0 Å². The third kappa shape index (κ3) is 3.03. The predicted octanol–water partition coefficient (Wildman–Crippen LogP) is 3.37. The van der Waals surface area contributed by atoms with Gasteiger partial charge in [-0.2, -0.15) is 0 Å². The van der Waals surface area contributed by atoms with E-state index in [2.05, 4.69) is 15.9 Å². The summed E-state index contributed by atoms with van der Waals surface area (Å²) in [7, 11) is 1.54. The Kier molecular flexibility index (Phi) is 4.35. The fraction of sp³-hybridized carbons (Fsp3) is 0.133. The normalized spacial score (nSPS) is 11.9. The number of carbonyl (C=O) groups excluding carboxylic acids is 1. The van der Waals surface area contributed by atoms with Gasteiger partial charge in [-0.15, -0.1) is 0 Å². The van der Waals surface area contributed by atoms with Crippen LogP contribution in [-0.2, 0) is 0 Å². The van der Waals surface area contributed by atoms with Crippen molar-refractivity contribution in [3.05, 3.63) is 64.1 Å². The molecule has 1 N–H and O–H groups in total. The van der Waals surface area contributed by atoms with Crippen molar-refractivity contribution in [2.45, 2.75) is 6.10 Å². The zero-order valence-electron chi connectivity index (χ0n) is 10.3. The van der Waals surface area contributed by atoms with E-state index in [-0.39, 0.29) is 5.78 Å². The lowest BCUT2D eigenvalue weighted by atomic mass is 10.00. The highest BCUT2D eigenvalue weighted by atomic mass is 79.9. The summed E-state index contributed by atoms with van der Waals surface area (Å²) < 4.78 is 5.77. The first-order chi connectivity index (χ1) is 9.13. The lowest BCUT2D eigenvalue weighted by molar-refractivity contribution is 0.0746. The van der Waals surface area contributed by atoms with E-state index >= 15 is 0 Å². The molecule has 2 aromatic rings. The number of hydrogen-bond acceptors (Lipinski definition) is 3. The van der Waals surface area contributed by atoms with Gasteiger partial charge in [0.2, 0.25) is 0 Å². The van der Waals surface area contributed by atoms with Gasteiger partial charge >= 0.3 is 0 Å². The highest BCUT2D eigenvalue weighted by molar-refractivity contribution is 9.10. The summed E-state index contributed by atoms with van der Waals surface area (Å²) in [4.78, 5) is 12.2. The van der Waals surface area contributed by atoms with Gasteiger partial charge in [0.1, 0.15) is 11.9 Å². The fourth-order valence-electron chi connectivity index (χ4n) is 1.76. The highest BCUT2D eigenvalue weighted by Gasteiger charge is 2.21. The van der Waals surface area contributed by atoms with Crippen molar-refractivity contribution >= 4 is 21.7 Å². The van der Waals surface area contributed by atoms with Crippen molar-refractivity contribution < 1.29 is 14.6 Å². The number of Topliss-reactive ketones (excluding diaryl/α,β-unsaturated/α-hetero) is 1. The average Bonchev–Trinajstić information content (AvgIpc) is 2.47. The predicted molar refractivity (Wildman–Crippen MR) is 76.4 cm³/mol. The molecule has 0 aliphatic rings. The minimum absolute atomic E-state index is 0.338. The van der Waals surface area contributed by atoms with Gasteiger partial charge in [-0.05, 0) is 18.2 Å². The van der Waals surface area contributed by atoms with Crippen LogP contribution in [-0.4, -0.2) is 18.0 Å². The minimum atomic E-state index is -1.22. The molecule has 19 heavy (non-hydrogen) atoms. The largest absolute Gasteiger partial charge is 0.497 e. The molecule has 0 aliphatic carbocycles. The van der Waals surface area contributed by atoms with Crippen LogP contribution in [0.5, 0.6) is 5.75 Å². The third-order valence-corrected chi connectivity index (χ3v) is 3.53. The number of aliphatic hydroxyl groups excluding tert-OH is 1. The van der Waals surface area contributed by atoms with E-state index in [4.69, 9.17) is 4.74 Å². The first kappa shape index (κ1) is 13.8. The Labute approximate surface area is 120 Å². The van der Waals surface area contributed by atoms with Gasteiger partial charge in [0, 0.05) is 15.6 Å². The van der Waals surface area contributed by atoms with Crippen LogP contribution < -0.4 is 4.74 Å². The van der Waals surface area contributed by atoms with Crippen LogP contribution in [0, 0.1) is 0 Å². The summed E-state index contributed by atoms with van der Waals surface area (Å²) in [5.74, 6) is 0.257. The van der Waals surface area contributed by atoms with E-state index in [0.717, 1.165) is 0 Å². The summed E-state index contributed by atoms with van der Waals surface area (Å²) >= 11 is 3.33. The van der Waals surface area contributed by atoms with Gasteiger partial charge in [0.25, 0.3) is 0 Å². The minimum Gasteiger partial charge on any atom is -0.497 e. The number of benzene rings is 2. The highest BCUT2D eigenvalue weighted by Crippen LogP contribution is 2.29. The van der Waals surface area contributed by atoms with Gasteiger partial charge < -0.3 is 9.84 Å². The molecule has 2 aromatic carbocycles. The van der Waals surface area contributed by atoms with E-state index in [1.165, 1.54) is 0 Å². The monoisotopic (exact) mass is 320 g/mol. The molecular weight excluding hydrogens is 308 g/mol. The Morgan fingerprint density at radius 3 is 2.53 bits per heavy atom. The lowest BCUT2D eigenvalue weighted by Crippen LogP contribution is -2.12. The van der Waals surface area contributed by atoms with Crippen LogP contribution >= 0.6 is 15.9 Å². The summed E-state index contributed by atoms with van der Waals surface area (Å²) in [5, 5.41) is 10.2. The zero-order valence-corrected chi connectivity index (χ0v) is 11.9. The Morgan fingerprint density at radius 2 is 1.89 bits per heavy atom. The molecule has 3 nitrogen and oxygen atoms in total. The quantitative estimate of drug-likeness (QED) is 0.878. The van der Waals surface area contributed by atoms with E-state index in [1.54, 1.807) is 49.6 Å². The van der Waals surface area contributed by atoms with Crippen molar-refractivity contribution in [3.8, 4) is 5.75 Å². The van der Waals surface area contributed by atoms with Crippen molar-refractivity contribution in [3.63, 3.8) is 0 Å². The maximum absolute atomic E-state index is 12.2. The molecule has 2 rings (SSSR count). The standard InChI is InChI=1S/C15H13BrO3/c1-19-11-7-8-13(16)12(9-11)15(18)14(17)10-5-3-2-4-6-10/h2-9,15,18H,1H3. The number of hydrogen-bond donors (Lipinski definition) is 1. The third-order valence-electron chi connectivity index (χ3n) is 2.80. The Morgan fingerprint density at radius 1 is 1.21 bits per heavy atom. The van der Waals surface area contributed by atoms with Crippen LogP contribution in [0.3, 0.4) is 0 Å². The second-order valence-corrected chi connectivity index (χ2v) is 4.87. The molecular formula is C15H13BrO3. The van der Waals surface area contributed by atoms with Gasteiger partial charge in [-0.3, -0.25) is 4.79 Å². The molecule has 0 bridgehead atoms. The van der Waals surface area contributed by atoms with Gasteiger partial charge in [-0.1, -0.05) is 46.3 Å². The number of ether oxygens (including phenoxy) is 1. The number of carbonyl (C=O) groups is 1. The molecule has 0 saturated heterocycles.